The molecule has 0 bridgehead atoms. The Morgan fingerprint density at radius 2 is 2.12 bits per heavy atom. The SMILES string of the molecule is Cc1cncc(-c2ccc(C(=O)O)n2Cc2csc3cccc(Cl)c23)c1. The molecule has 4 nitrogen and oxygen atoms in total. The predicted octanol–water partition coefficient (Wildman–Crippen LogP) is 5.47. The van der Waals surface area contributed by atoms with Gasteiger partial charge in [0.1, 0.15) is 5.69 Å². The summed E-state index contributed by atoms with van der Waals surface area (Å²) in [4.78, 5) is 16.0. The van der Waals surface area contributed by atoms with E-state index < -0.39 is 5.97 Å². The van der Waals surface area contributed by atoms with E-state index in [0.717, 1.165) is 32.5 Å². The van der Waals surface area contributed by atoms with Crippen molar-refractivity contribution in [3.8, 4) is 11.3 Å². The first-order valence-corrected chi connectivity index (χ1v) is 9.30. The molecule has 0 saturated heterocycles. The Kier molecular flexibility index (Phi) is 4.26. The average Bonchev–Trinajstić information content (AvgIpc) is 3.21. The number of carbonyl (C=O) groups is 1. The number of pyridine rings is 1. The molecule has 1 N–H and O–H groups in total. The summed E-state index contributed by atoms with van der Waals surface area (Å²) in [6.07, 6.45) is 3.53. The number of thiophene rings is 1. The van der Waals surface area contributed by atoms with Crippen molar-refractivity contribution < 1.29 is 9.90 Å². The fourth-order valence-corrected chi connectivity index (χ4v) is 4.50. The normalized spacial score (nSPS) is 11.2. The van der Waals surface area contributed by atoms with Gasteiger partial charge in [-0.15, -0.1) is 11.3 Å². The molecule has 1 aromatic carbocycles. The van der Waals surface area contributed by atoms with Crippen LogP contribution in [0.25, 0.3) is 21.3 Å². The highest BCUT2D eigenvalue weighted by atomic mass is 35.5. The molecule has 26 heavy (non-hydrogen) atoms. The van der Waals surface area contributed by atoms with Gasteiger partial charge in [0.2, 0.25) is 0 Å². The fraction of sp³-hybridized carbons (Fsp3) is 0.100. The summed E-state index contributed by atoms with van der Waals surface area (Å²) in [7, 11) is 0. The number of nitrogens with zero attached hydrogens (tertiary/aromatic N) is 2. The van der Waals surface area contributed by atoms with Crippen LogP contribution < -0.4 is 0 Å². The number of carboxylic acids is 1. The van der Waals surface area contributed by atoms with Crippen molar-refractivity contribution >= 4 is 39.0 Å². The van der Waals surface area contributed by atoms with Crippen LogP contribution >= 0.6 is 22.9 Å². The minimum Gasteiger partial charge on any atom is -0.477 e. The maximum absolute atomic E-state index is 11.7. The maximum atomic E-state index is 11.7. The van der Waals surface area contributed by atoms with Gasteiger partial charge in [0, 0.05) is 39.6 Å². The Morgan fingerprint density at radius 1 is 1.27 bits per heavy atom. The molecule has 3 heterocycles. The Hall–Kier alpha value is -2.63. The van der Waals surface area contributed by atoms with Crippen molar-refractivity contribution in [1.82, 2.24) is 9.55 Å². The zero-order valence-electron chi connectivity index (χ0n) is 13.9. The largest absolute Gasteiger partial charge is 0.477 e. The molecule has 0 saturated carbocycles. The number of aromatic carboxylic acids is 1. The summed E-state index contributed by atoms with van der Waals surface area (Å²) in [5, 5.41) is 13.3. The first-order chi connectivity index (χ1) is 12.5. The van der Waals surface area contributed by atoms with Crippen molar-refractivity contribution in [2.45, 2.75) is 13.5 Å². The number of aryl methyl sites for hydroxylation is 1. The van der Waals surface area contributed by atoms with Crippen molar-refractivity contribution in [2.75, 3.05) is 0 Å². The number of rotatable bonds is 4. The minimum atomic E-state index is -0.956. The first kappa shape index (κ1) is 16.8. The van der Waals surface area contributed by atoms with Crippen molar-refractivity contribution in [1.29, 1.82) is 0 Å². The summed E-state index contributed by atoms with van der Waals surface area (Å²) >= 11 is 8.01. The van der Waals surface area contributed by atoms with E-state index in [9.17, 15) is 9.90 Å². The Bertz CT molecular complexity index is 1130. The molecular formula is C20H15ClN2O2S. The van der Waals surface area contributed by atoms with Gasteiger partial charge in [-0.2, -0.15) is 0 Å². The van der Waals surface area contributed by atoms with Gasteiger partial charge >= 0.3 is 5.97 Å². The second kappa shape index (κ2) is 6.59. The van der Waals surface area contributed by atoms with E-state index in [1.165, 1.54) is 0 Å². The van der Waals surface area contributed by atoms with E-state index in [1.807, 2.05) is 47.2 Å². The molecule has 0 aliphatic heterocycles. The summed E-state index contributed by atoms with van der Waals surface area (Å²) in [6.45, 7) is 2.40. The summed E-state index contributed by atoms with van der Waals surface area (Å²) < 4.78 is 2.90. The molecular weight excluding hydrogens is 368 g/mol. The second-order valence-corrected chi connectivity index (χ2v) is 7.44. The van der Waals surface area contributed by atoms with Crippen LogP contribution in [0, 0.1) is 6.92 Å². The number of halogens is 1. The lowest BCUT2D eigenvalue weighted by Crippen LogP contribution is -2.10. The summed E-state index contributed by atoms with van der Waals surface area (Å²) in [5.41, 5.74) is 3.99. The predicted molar refractivity (Wildman–Crippen MR) is 105 cm³/mol. The Morgan fingerprint density at radius 3 is 2.88 bits per heavy atom. The second-order valence-electron chi connectivity index (χ2n) is 6.12. The number of benzene rings is 1. The summed E-state index contributed by atoms with van der Waals surface area (Å²) in [6, 6.07) is 11.3. The van der Waals surface area contributed by atoms with Crippen molar-refractivity contribution in [2.24, 2.45) is 0 Å². The van der Waals surface area contributed by atoms with E-state index in [-0.39, 0.29) is 5.69 Å². The van der Waals surface area contributed by atoms with E-state index in [1.54, 1.807) is 29.8 Å². The third-order valence-corrected chi connectivity index (χ3v) is 5.64. The average molecular weight is 383 g/mol. The van der Waals surface area contributed by atoms with Gasteiger partial charge in [0.05, 0.1) is 5.69 Å². The van der Waals surface area contributed by atoms with Crippen LogP contribution in [0.15, 0.2) is 54.2 Å². The quantitative estimate of drug-likeness (QED) is 0.509. The lowest BCUT2D eigenvalue weighted by Gasteiger charge is -2.12. The molecule has 4 aromatic rings. The van der Waals surface area contributed by atoms with E-state index in [0.29, 0.717) is 11.6 Å². The molecule has 0 unspecified atom stereocenters. The fourth-order valence-electron chi connectivity index (χ4n) is 3.17. The van der Waals surface area contributed by atoms with E-state index in [4.69, 9.17) is 11.6 Å². The molecule has 0 spiro atoms. The van der Waals surface area contributed by atoms with Gasteiger partial charge in [0.15, 0.2) is 0 Å². The standard InChI is InChI=1S/C20H15ClN2O2S/c1-12-7-13(9-22-8-12)16-5-6-17(20(24)25)23(16)10-14-11-26-18-4-2-3-15(21)19(14)18/h2-9,11H,10H2,1H3,(H,24,25). The highest BCUT2D eigenvalue weighted by molar-refractivity contribution is 7.17. The molecule has 0 aliphatic carbocycles. The monoisotopic (exact) mass is 382 g/mol. The van der Waals surface area contributed by atoms with Gasteiger partial charge in [-0.05, 0) is 53.8 Å². The highest BCUT2D eigenvalue weighted by Crippen LogP contribution is 2.34. The molecule has 0 radical (unpaired) electrons. The molecule has 130 valence electrons. The molecule has 0 aliphatic rings. The topological polar surface area (TPSA) is 55.1 Å². The molecule has 0 fully saturated rings. The number of carboxylic acid groups (broad SMARTS) is 1. The lowest BCUT2D eigenvalue weighted by molar-refractivity contribution is 0.0686. The van der Waals surface area contributed by atoms with Crippen LogP contribution in [0.4, 0.5) is 0 Å². The van der Waals surface area contributed by atoms with Crippen LogP contribution in [0.5, 0.6) is 0 Å². The van der Waals surface area contributed by atoms with Gasteiger partial charge in [-0.25, -0.2) is 4.79 Å². The third kappa shape index (κ3) is 2.89. The van der Waals surface area contributed by atoms with Gasteiger partial charge in [-0.1, -0.05) is 17.7 Å². The van der Waals surface area contributed by atoms with Crippen LogP contribution in [0.1, 0.15) is 21.6 Å². The lowest BCUT2D eigenvalue weighted by atomic mass is 10.1. The molecule has 4 rings (SSSR count). The molecule has 0 atom stereocenters. The highest BCUT2D eigenvalue weighted by Gasteiger charge is 2.18. The van der Waals surface area contributed by atoms with Crippen molar-refractivity contribution in [3.63, 3.8) is 0 Å². The Balaban J connectivity index is 1.87. The smallest absolute Gasteiger partial charge is 0.352 e. The maximum Gasteiger partial charge on any atom is 0.352 e. The minimum absolute atomic E-state index is 0.243. The van der Waals surface area contributed by atoms with Gasteiger partial charge in [0.25, 0.3) is 0 Å². The Labute approximate surface area is 159 Å². The first-order valence-electron chi connectivity index (χ1n) is 8.04. The third-order valence-electron chi connectivity index (χ3n) is 4.32. The zero-order valence-corrected chi connectivity index (χ0v) is 15.5. The number of hydrogen-bond donors (Lipinski definition) is 1. The van der Waals surface area contributed by atoms with Gasteiger partial charge < -0.3 is 9.67 Å². The van der Waals surface area contributed by atoms with E-state index in [2.05, 4.69) is 4.98 Å². The van der Waals surface area contributed by atoms with Crippen molar-refractivity contribution in [3.05, 3.63) is 76.0 Å². The van der Waals surface area contributed by atoms with E-state index >= 15 is 0 Å². The molecule has 0 amide bonds. The molecule has 6 heteroatoms. The van der Waals surface area contributed by atoms with Gasteiger partial charge in [-0.3, -0.25) is 4.98 Å². The molecule has 3 aromatic heterocycles. The van der Waals surface area contributed by atoms with Crippen LogP contribution in [-0.2, 0) is 6.54 Å². The number of fused-ring (bicyclic) bond motifs is 1. The van der Waals surface area contributed by atoms with Crippen LogP contribution in [-0.4, -0.2) is 20.6 Å². The van der Waals surface area contributed by atoms with Crippen LogP contribution in [0.2, 0.25) is 5.02 Å². The van der Waals surface area contributed by atoms with Crippen LogP contribution in [0.3, 0.4) is 0 Å². The number of aromatic nitrogens is 2. The number of hydrogen-bond acceptors (Lipinski definition) is 3. The summed E-state index contributed by atoms with van der Waals surface area (Å²) in [5.74, 6) is -0.956. The zero-order chi connectivity index (χ0) is 18.3.